The highest BCUT2D eigenvalue weighted by Gasteiger charge is 2.12. The Balaban J connectivity index is 2.33. The molecule has 1 amide bonds. The molecule has 0 atom stereocenters. The number of nitrogen functional groups attached to an aromatic ring is 1. The van der Waals surface area contributed by atoms with Crippen molar-refractivity contribution in [1.29, 1.82) is 0 Å². The predicted molar refractivity (Wildman–Crippen MR) is 79.0 cm³/mol. The first-order chi connectivity index (χ1) is 9.08. The van der Waals surface area contributed by atoms with Crippen molar-refractivity contribution in [2.75, 3.05) is 24.1 Å². The van der Waals surface area contributed by atoms with Crippen LogP contribution in [-0.2, 0) is 4.79 Å². The van der Waals surface area contributed by atoms with Crippen LogP contribution in [-0.4, -0.2) is 24.0 Å². The van der Waals surface area contributed by atoms with Gasteiger partial charge in [-0.15, -0.1) is 0 Å². The first kappa shape index (κ1) is 15.3. The van der Waals surface area contributed by atoms with E-state index in [4.69, 9.17) is 5.73 Å². The number of anilines is 2. The fourth-order valence-electron chi connectivity index (χ4n) is 1.95. The van der Waals surface area contributed by atoms with Gasteiger partial charge in [-0.25, -0.2) is 4.98 Å². The lowest BCUT2D eigenvalue weighted by Gasteiger charge is -2.13. The number of nitrogens with one attached hydrogen (secondary N) is 2. The summed E-state index contributed by atoms with van der Waals surface area (Å²) in [7, 11) is 0. The van der Waals surface area contributed by atoms with E-state index in [1.165, 1.54) is 0 Å². The summed E-state index contributed by atoms with van der Waals surface area (Å²) in [5, 5.41) is 6.12. The molecule has 4 N–H and O–H groups in total. The molecule has 5 heteroatoms. The number of carbonyl (C=O) groups is 1. The summed E-state index contributed by atoms with van der Waals surface area (Å²) in [5.74, 6) is 1.07. The van der Waals surface area contributed by atoms with Gasteiger partial charge in [-0.1, -0.05) is 13.8 Å². The summed E-state index contributed by atoms with van der Waals surface area (Å²) in [6.07, 6.45) is 3.39. The molecule has 0 spiro atoms. The molecule has 0 radical (unpaired) electrons. The maximum absolute atomic E-state index is 11.8. The Morgan fingerprint density at radius 3 is 2.63 bits per heavy atom. The van der Waals surface area contributed by atoms with E-state index in [1.807, 2.05) is 26.8 Å². The quantitative estimate of drug-likeness (QED) is 0.657. The number of carbonyl (C=O) groups excluding carboxylic acids is 1. The van der Waals surface area contributed by atoms with Gasteiger partial charge in [0, 0.05) is 19.0 Å². The Kier molecular flexibility index (Phi) is 6.12. The van der Waals surface area contributed by atoms with Crippen LogP contribution in [0.1, 0.15) is 32.3 Å². The van der Waals surface area contributed by atoms with E-state index >= 15 is 0 Å². The third-order valence-electron chi connectivity index (χ3n) is 3.17. The number of rotatable bonds is 7. The Morgan fingerprint density at radius 2 is 2.05 bits per heavy atom. The lowest BCUT2D eigenvalue weighted by molar-refractivity contribution is -0.125. The standard InChI is InChI=1S/C14H24N4O/c1-4-11(5-2)14(19)17-7-6-16-13-10(3)8-12(15)9-18-13/h8-9,11H,4-7,15H2,1-3H3,(H,16,18)(H,17,19). The number of aromatic nitrogens is 1. The molecule has 0 fully saturated rings. The smallest absolute Gasteiger partial charge is 0.223 e. The molecule has 0 saturated carbocycles. The zero-order chi connectivity index (χ0) is 14.3. The van der Waals surface area contributed by atoms with E-state index in [2.05, 4.69) is 15.6 Å². The molecule has 0 aromatic carbocycles. The van der Waals surface area contributed by atoms with Crippen LogP contribution in [0.4, 0.5) is 11.5 Å². The van der Waals surface area contributed by atoms with Crippen LogP contribution in [0.25, 0.3) is 0 Å². The fraction of sp³-hybridized carbons (Fsp3) is 0.571. The molecule has 1 aromatic rings. The molecule has 0 aliphatic heterocycles. The zero-order valence-electron chi connectivity index (χ0n) is 12.0. The van der Waals surface area contributed by atoms with Crippen LogP contribution in [0.5, 0.6) is 0 Å². The Bertz CT molecular complexity index is 416. The summed E-state index contributed by atoms with van der Waals surface area (Å²) >= 11 is 0. The topological polar surface area (TPSA) is 80.0 Å². The monoisotopic (exact) mass is 264 g/mol. The molecule has 0 saturated heterocycles. The summed E-state index contributed by atoms with van der Waals surface area (Å²) in [5.41, 5.74) is 7.30. The normalized spacial score (nSPS) is 10.5. The van der Waals surface area contributed by atoms with Gasteiger partial charge in [0.2, 0.25) is 5.91 Å². The van der Waals surface area contributed by atoms with Crippen LogP contribution in [0, 0.1) is 12.8 Å². The second-order valence-corrected chi connectivity index (χ2v) is 4.67. The maximum Gasteiger partial charge on any atom is 0.223 e. The zero-order valence-corrected chi connectivity index (χ0v) is 12.0. The van der Waals surface area contributed by atoms with Crippen molar-refractivity contribution in [2.45, 2.75) is 33.6 Å². The number of nitrogens with two attached hydrogens (primary N) is 1. The van der Waals surface area contributed by atoms with E-state index in [1.54, 1.807) is 6.20 Å². The Labute approximate surface area is 115 Å². The molecule has 1 heterocycles. The Morgan fingerprint density at radius 1 is 1.37 bits per heavy atom. The van der Waals surface area contributed by atoms with E-state index < -0.39 is 0 Å². The number of amides is 1. The van der Waals surface area contributed by atoms with E-state index in [0.717, 1.165) is 24.2 Å². The average molecular weight is 264 g/mol. The number of hydrogen-bond acceptors (Lipinski definition) is 4. The van der Waals surface area contributed by atoms with Gasteiger partial charge in [-0.05, 0) is 31.4 Å². The summed E-state index contributed by atoms with van der Waals surface area (Å²) in [6, 6.07) is 1.87. The molecule has 5 nitrogen and oxygen atoms in total. The summed E-state index contributed by atoms with van der Waals surface area (Å²) < 4.78 is 0. The van der Waals surface area contributed by atoms with Crippen molar-refractivity contribution < 1.29 is 4.79 Å². The van der Waals surface area contributed by atoms with Gasteiger partial charge in [0.1, 0.15) is 5.82 Å². The molecule has 0 aliphatic carbocycles. The van der Waals surface area contributed by atoms with Crippen molar-refractivity contribution in [3.8, 4) is 0 Å². The van der Waals surface area contributed by atoms with Gasteiger partial charge < -0.3 is 16.4 Å². The highest BCUT2D eigenvalue weighted by molar-refractivity contribution is 5.78. The van der Waals surface area contributed by atoms with Crippen LogP contribution < -0.4 is 16.4 Å². The van der Waals surface area contributed by atoms with Crippen molar-refractivity contribution in [2.24, 2.45) is 5.92 Å². The Hall–Kier alpha value is -1.78. The average Bonchev–Trinajstić information content (AvgIpc) is 2.38. The molecular formula is C14H24N4O. The third-order valence-corrected chi connectivity index (χ3v) is 3.17. The number of pyridine rings is 1. The largest absolute Gasteiger partial charge is 0.397 e. The molecule has 106 valence electrons. The number of nitrogens with zero attached hydrogens (tertiary/aromatic N) is 1. The van der Waals surface area contributed by atoms with Crippen molar-refractivity contribution in [1.82, 2.24) is 10.3 Å². The third kappa shape index (κ3) is 4.77. The molecular weight excluding hydrogens is 240 g/mol. The molecule has 0 bridgehead atoms. The summed E-state index contributed by atoms with van der Waals surface area (Å²) in [4.78, 5) is 16.0. The van der Waals surface area contributed by atoms with Crippen LogP contribution >= 0.6 is 0 Å². The van der Waals surface area contributed by atoms with Crippen LogP contribution in [0.2, 0.25) is 0 Å². The lowest BCUT2D eigenvalue weighted by atomic mass is 10.0. The van der Waals surface area contributed by atoms with Gasteiger partial charge >= 0.3 is 0 Å². The summed E-state index contributed by atoms with van der Waals surface area (Å²) in [6.45, 7) is 7.28. The minimum absolute atomic E-state index is 0.122. The first-order valence-electron chi connectivity index (χ1n) is 6.82. The van der Waals surface area contributed by atoms with Crippen molar-refractivity contribution in [3.05, 3.63) is 17.8 Å². The van der Waals surface area contributed by atoms with Crippen LogP contribution in [0.3, 0.4) is 0 Å². The van der Waals surface area contributed by atoms with E-state index in [9.17, 15) is 4.79 Å². The molecule has 19 heavy (non-hydrogen) atoms. The molecule has 1 aromatic heterocycles. The SMILES string of the molecule is CCC(CC)C(=O)NCCNc1ncc(N)cc1C. The molecule has 1 rings (SSSR count). The number of hydrogen-bond donors (Lipinski definition) is 3. The molecule has 0 unspecified atom stereocenters. The van der Waals surface area contributed by atoms with Gasteiger partial charge in [0.25, 0.3) is 0 Å². The second-order valence-electron chi connectivity index (χ2n) is 4.67. The van der Waals surface area contributed by atoms with E-state index in [0.29, 0.717) is 18.8 Å². The maximum atomic E-state index is 11.8. The molecule has 0 aliphatic rings. The highest BCUT2D eigenvalue weighted by atomic mass is 16.1. The van der Waals surface area contributed by atoms with Crippen LogP contribution in [0.15, 0.2) is 12.3 Å². The second kappa shape index (κ2) is 7.61. The predicted octanol–water partition coefficient (Wildman–Crippen LogP) is 1.94. The van der Waals surface area contributed by atoms with E-state index in [-0.39, 0.29) is 11.8 Å². The highest BCUT2D eigenvalue weighted by Crippen LogP contribution is 2.13. The lowest BCUT2D eigenvalue weighted by Crippen LogP contribution is -2.33. The van der Waals surface area contributed by atoms with Gasteiger partial charge in [0.15, 0.2) is 0 Å². The van der Waals surface area contributed by atoms with Crippen molar-refractivity contribution >= 4 is 17.4 Å². The van der Waals surface area contributed by atoms with Gasteiger partial charge in [-0.3, -0.25) is 4.79 Å². The van der Waals surface area contributed by atoms with Crippen molar-refractivity contribution in [3.63, 3.8) is 0 Å². The van der Waals surface area contributed by atoms with Gasteiger partial charge in [-0.2, -0.15) is 0 Å². The first-order valence-corrected chi connectivity index (χ1v) is 6.82. The van der Waals surface area contributed by atoms with Gasteiger partial charge in [0.05, 0.1) is 11.9 Å². The minimum atomic E-state index is 0.122. The minimum Gasteiger partial charge on any atom is -0.397 e. The fourth-order valence-corrected chi connectivity index (χ4v) is 1.95. The number of aryl methyl sites for hydroxylation is 1.